The molecule has 2 heterocycles. The summed E-state index contributed by atoms with van der Waals surface area (Å²) in [6.45, 7) is 4.17. The van der Waals surface area contributed by atoms with Gasteiger partial charge in [-0.2, -0.15) is 0 Å². The Morgan fingerprint density at radius 3 is 2.81 bits per heavy atom. The zero-order valence-electron chi connectivity index (χ0n) is 12.7. The van der Waals surface area contributed by atoms with Crippen molar-refractivity contribution in [2.75, 3.05) is 6.54 Å². The molecule has 0 saturated carbocycles. The first kappa shape index (κ1) is 14.7. The Bertz CT molecular complexity index is 537. The first-order valence-corrected chi connectivity index (χ1v) is 8.90. The summed E-state index contributed by atoms with van der Waals surface area (Å²) < 4.78 is 0. The SMILES string of the molecule is CCCC1SC2=C(CCCCN2Cc2ccccc2)C1=O. The Morgan fingerprint density at radius 2 is 2.05 bits per heavy atom. The molecule has 0 aliphatic carbocycles. The van der Waals surface area contributed by atoms with Gasteiger partial charge in [0.2, 0.25) is 0 Å². The Morgan fingerprint density at radius 1 is 1.24 bits per heavy atom. The maximum Gasteiger partial charge on any atom is 0.174 e. The summed E-state index contributed by atoms with van der Waals surface area (Å²) in [7, 11) is 0. The molecule has 3 rings (SSSR count). The molecular weight excluding hydrogens is 278 g/mol. The van der Waals surface area contributed by atoms with Crippen LogP contribution in [0.5, 0.6) is 0 Å². The summed E-state index contributed by atoms with van der Waals surface area (Å²) in [4.78, 5) is 15.0. The molecule has 0 saturated heterocycles. The van der Waals surface area contributed by atoms with Crippen LogP contribution in [0.15, 0.2) is 40.9 Å². The van der Waals surface area contributed by atoms with Crippen molar-refractivity contribution in [3.8, 4) is 0 Å². The van der Waals surface area contributed by atoms with Crippen LogP contribution < -0.4 is 0 Å². The third-order valence-corrected chi connectivity index (χ3v) is 5.72. The lowest BCUT2D eigenvalue weighted by Gasteiger charge is -2.25. The third kappa shape index (κ3) is 3.18. The summed E-state index contributed by atoms with van der Waals surface area (Å²) in [5.74, 6) is 0.414. The number of carbonyl (C=O) groups is 1. The summed E-state index contributed by atoms with van der Waals surface area (Å²) in [5, 5.41) is 1.45. The largest absolute Gasteiger partial charge is 0.362 e. The highest BCUT2D eigenvalue weighted by Gasteiger charge is 2.36. The number of hydrogen-bond donors (Lipinski definition) is 0. The molecule has 112 valence electrons. The molecule has 2 aliphatic rings. The third-order valence-electron chi connectivity index (χ3n) is 4.26. The second-order valence-electron chi connectivity index (χ2n) is 5.91. The predicted molar refractivity (Wildman–Crippen MR) is 89.0 cm³/mol. The molecule has 0 amide bonds. The van der Waals surface area contributed by atoms with E-state index in [9.17, 15) is 4.79 Å². The number of hydrogen-bond acceptors (Lipinski definition) is 3. The molecule has 0 N–H and O–H groups in total. The van der Waals surface area contributed by atoms with E-state index in [1.165, 1.54) is 17.0 Å². The van der Waals surface area contributed by atoms with Crippen LogP contribution in [-0.4, -0.2) is 22.5 Å². The standard InChI is InChI=1S/C18H23NOS/c1-2-8-16-17(20)15-11-6-7-12-19(18(15)21-16)13-14-9-4-3-5-10-14/h3-5,9-10,16H,2,6-8,11-13H2,1H3. The van der Waals surface area contributed by atoms with Crippen molar-refractivity contribution in [1.82, 2.24) is 4.90 Å². The molecule has 1 atom stereocenters. The fourth-order valence-electron chi connectivity index (χ4n) is 3.17. The van der Waals surface area contributed by atoms with Gasteiger partial charge in [-0.1, -0.05) is 55.4 Å². The topological polar surface area (TPSA) is 20.3 Å². The lowest BCUT2D eigenvalue weighted by atomic mass is 10.0. The molecule has 0 spiro atoms. The van der Waals surface area contributed by atoms with E-state index >= 15 is 0 Å². The molecule has 1 aromatic carbocycles. The molecule has 21 heavy (non-hydrogen) atoms. The van der Waals surface area contributed by atoms with Crippen LogP contribution in [0.4, 0.5) is 0 Å². The second-order valence-corrected chi connectivity index (χ2v) is 7.10. The summed E-state index contributed by atoms with van der Waals surface area (Å²) in [6, 6.07) is 10.6. The van der Waals surface area contributed by atoms with E-state index < -0.39 is 0 Å². The maximum atomic E-state index is 12.6. The van der Waals surface area contributed by atoms with Crippen LogP contribution in [-0.2, 0) is 11.3 Å². The van der Waals surface area contributed by atoms with E-state index in [0.29, 0.717) is 5.78 Å². The molecule has 1 aromatic rings. The molecule has 0 radical (unpaired) electrons. The molecule has 2 aliphatic heterocycles. The van der Waals surface area contributed by atoms with Gasteiger partial charge in [-0.15, -0.1) is 0 Å². The lowest BCUT2D eigenvalue weighted by Crippen LogP contribution is -2.21. The summed E-state index contributed by atoms with van der Waals surface area (Å²) in [5.41, 5.74) is 2.45. The van der Waals surface area contributed by atoms with Gasteiger partial charge in [-0.05, 0) is 31.2 Å². The Balaban J connectivity index is 1.81. The first-order valence-electron chi connectivity index (χ1n) is 8.02. The minimum atomic E-state index is 0.177. The predicted octanol–water partition coefficient (Wildman–Crippen LogP) is 4.37. The van der Waals surface area contributed by atoms with Crippen molar-refractivity contribution in [3.63, 3.8) is 0 Å². The van der Waals surface area contributed by atoms with Gasteiger partial charge in [0.15, 0.2) is 5.78 Å². The van der Waals surface area contributed by atoms with Crippen molar-refractivity contribution in [3.05, 3.63) is 46.5 Å². The lowest BCUT2D eigenvalue weighted by molar-refractivity contribution is -0.115. The van der Waals surface area contributed by atoms with Crippen LogP contribution >= 0.6 is 11.8 Å². The van der Waals surface area contributed by atoms with Crippen LogP contribution in [0.1, 0.15) is 44.6 Å². The van der Waals surface area contributed by atoms with Crippen LogP contribution in [0.3, 0.4) is 0 Å². The van der Waals surface area contributed by atoms with Gasteiger partial charge in [0.1, 0.15) is 0 Å². The molecule has 3 heteroatoms. The van der Waals surface area contributed by atoms with E-state index in [-0.39, 0.29) is 5.25 Å². The van der Waals surface area contributed by atoms with Gasteiger partial charge in [0.25, 0.3) is 0 Å². The summed E-state index contributed by atoms with van der Waals surface area (Å²) >= 11 is 1.82. The first-order chi connectivity index (χ1) is 10.3. The highest BCUT2D eigenvalue weighted by molar-refractivity contribution is 8.04. The van der Waals surface area contributed by atoms with Gasteiger partial charge in [-0.3, -0.25) is 4.79 Å². The van der Waals surface area contributed by atoms with Gasteiger partial charge >= 0.3 is 0 Å². The average molecular weight is 301 g/mol. The highest BCUT2D eigenvalue weighted by Crippen LogP contribution is 2.43. The number of benzene rings is 1. The molecule has 0 bridgehead atoms. The number of rotatable bonds is 4. The number of allylic oxidation sites excluding steroid dienone is 1. The number of ketones is 1. The van der Waals surface area contributed by atoms with E-state index in [4.69, 9.17) is 0 Å². The molecular formula is C18H23NOS. The van der Waals surface area contributed by atoms with Crippen LogP contribution in [0, 0.1) is 0 Å². The van der Waals surface area contributed by atoms with Gasteiger partial charge in [0, 0.05) is 18.7 Å². The summed E-state index contributed by atoms with van der Waals surface area (Å²) in [6.07, 6.45) is 5.41. The minimum Gasteiger partial charge on any atom is -0.362 e. The van der Waals surface area contributed by atoms with Crippen molar-refractivity contribution < 1.29 is 4.79 Å². The fraction of sp³-hybridized carbons (Fsp3) is 0.500. The number of Topliss-reactive ketones (excluding diaryl/α,β-unsaturated/α-hetero) is 1. The zero-order chi connectivity index (χ0) is 14.7. The van der Waals surface area contributed by atoms with Gasteiger partial charge < -0.3 is 4.90 Å². The van der Waals surface area contributed by atoms with Crippen LogP contribution in [0.25, 0.3) is 0 Å². The Kier molecular flexibility index (Phi) is 4.69. The van der Waals surface area contributed by atoms with E-state index in [1.807, 2.05) is 11.8 Å². The molecule has 0 aromatic heterocycles. The normalized spacial score (nSPS) is 22.4. The maximum absolute atomic E-state index is 12.6. The Labute approximate surface area is 131 Å². The van der Waals surface area contributed by atoms with E-state index in [2.05, 4.69) is 42.2 Å². The molecule has 2 nitrogen and oxygen atoms in total. The van der Waals surface area contributed by atoms with Crippen molar-refractivity contribution in [2.24, 2.45) is 0 Å². The van der Waals surface area contributed by atoms with Crippen molar-refractivity contribution in [1.29, 1.82) is 0 Å². The second kappa shape index (κ2) is 6.69. The smallest absolute Gasteiger partial charge is 0.174 e. The van der Waals surface area contributed by atoms with Crippen molar-refractivity contribution in [2.45, 2.75) is 50.8 Å². The highest BCUT2D eigenvalue weighted by atomic mass is 32.2. The van der Waals surface area contributed by atoms with E-state index in [1.54, 1.807) is 0 Å². The van der Waals surface area contributed by atoms with E-state index in [0.717, 1.165) is 44.3 Å². The fourth-order valence-corrected chi connectivity index (χ4v) is 4.69. The Hall–Kier alpha value is -1.22. The number of carbonyl (C=O) groups excluding carboxylic acids is 1. The number of nitrogens with zero attached hydrogens (tertiary/aromatic N) is 1. The zero-order valence-corrected chi connectivity index (χ0v) is 13.5. The van der Waals surface area contributed by atoms with Gasteiger partial charge in [0.05, 0.1) is 10.3 Å². The quantitative estimate of drug-likeness (QED) is 0.823. The monoisotopic (exact) mass is 301 g/mol. The molecule has 1 unspecified atom stereocenters. The average Bonchev–Trinajstić information content (AvgIpc) is 2.69. The molecule has 0 fully saturated rings. The van der Waals surface area contributed by atoms with Crippen LogP contribution in [0.2, 0.25) is 0 Å². The van der Waals surface area contributed by atoms with Crippen molar-refractivity contribution >= 4 is 17.5 Å². The van der Waals surface area contributed by atoms with Gasteiger partial charge in [-0.25, -0.2) is 0 Å². The number of thioether (sulfide) groups is 1. The minimum absolute atomic E-state index is 0.177.